The standard InChI is InChI=1S/C11H18N2O2/c1-2-5-14-8-10-6-13-11(15-10)7-12-9-3-4-9/h6,9,12H,2-5,7-8H2,1H3. The van der Waals surface area contributed by atoms with Crippen molar-refractivity contribution in [2.24, 2.45) is 0 Å². The van der Waals surface area contributed by atoms with Gasteiger partial charge in [-0.1, -0.05) is 6.92 Å². The third-order valence-corrected chi connectivity index (χ3v) is 2.31. The van der Waals surface area contributed by atoms with Crippen molar-refractivity contribution < 1.29 is 9.15 Å². The Morgan fingerprint density at radius 2 is 2.47 bits per heavy atom. The number of nitrogens with one attached hydrogen (secondary N) is 1. The van der Waals surface area contributed by atoms with Crippen LogP contribution < -0.4 is 5.32 Å². The molecule has 0 atom stereocenters. The summed E-state index contributed by atoms with van der Waals surface area (Å²) < 4.78 is 10.9. The molecule has 1 fully saturated rings. The number of rotatable bonds is 7. The van der Waals surface area contributed by atoms with E-state index in [0.717, 1.165) is 31.2 Å². The fourth-order valence-electron chi connectivity index (χ4n) is 1.33. The van der Waals surface area contributed by atoms with E-state index in [1.54, 1.807) is 6.20 Å². The van der Waals surface area contributed by atoms with E-state index >= 15 is 0 Å². The molecule has 1 aromatic rings. The second-order valence-corrected chi connectivity index (χ2v) is 3.93. The number of ether oxygens (including phenoxy) is 1. The third kappa shape index (κ3) is 3.64. The Labute approximate surface area is 90.0 Å². The van der Waals surface area contributed by atoms with Crippen molar-refractivity contribution in [3.05, 3.63) is 17.8 Å². The Balaban J connectivity index is 1.70. The number of hydrogen-bond acceptors (Lipinski definition) is 4. The van der Waals surface area contributed by atoms with Gasteiger partial charge in [0.25, 0.3) is 0 Å². The SMILES string of the molecule is CCCOCc1cnc(CNC2CC2)o1. The monoisotopic (exact) mass is 210 g/mol. The molecule has 1 heterocycles. The highest BCUT2D eigenvalue weighted by atomic mass is 16.5. The maximum absolute atomic E-state index is 5.51. The average Bonchev–Trinajstić information content (AvgIpc) is 2.97. The van der Waals surface area contributed by atoms with Crippen LogP contribution in [0.5, 0.6) is 0 Å². The zero-order valence-corrected chi connectivity index (χ0v) is 9.16. The van der Waals surface area contributed by atoms with E-state index in [9.17, 15) is 0 Å². The molecule has 1 saturated carbocycles. The van der Waals surface area contributed by atoms with E-state index in [1.165, 1.54) is 12.8 Å². The minimum atomic E-state index is 0.532. The fraction of sp³-hybridized carbons (Fsp3) is 0.727. The maximum atomic E-state index is 5.51. The van der Waals surface area contributed by atoms with Crippen molar-refractivity contribution in [1.29, 1.82) is 0 Å². The van der Waals surface area contributed by atoms with Gasteiger partial charge in [0.15, 0.2) is 0 Å². The quantitative estimate of drug-likeness (QED) is 0.698. The maximum Gasteiger partial charge on any atom is 0.208 e. The first-order chi connectivity index (χ1) is 7.38. The van der Waals surface area contributed by atoms with Gasteiger partial charge in [-0.05, 0) is 19.3 Å². The number of hydrogen-bond donors (Lipinski definition) is 1. The second kappa shape index (κ2) is 5.28. The van der Waals surface area contributed by atoms with E-state index < -0.39 is 0 Å². The molecule has 1 N–H and O–H groups in total. The van der Waals surface area contributed by atoms with E-state index in [4.69, 9.17) is 9.15 Å². The van der Waals surface area contributed by atoms with Gasteiger partial charge in [-0.25, -0.2) is 4.98 Å². The van der Waals surface area contributed by atoms with Crippen LogP contribution in [0.2, 0.25) is 0 Å². The fourth-order valence-corrected chi connectivity index (χ4v) is 1.33. The lowest BCUT2D eigenvalue weighted by atomic mass is 10.5. The first kappa shape index (κ1) is 10.6. The Bertz CT molecular complexity index is 295. The molecule has 0 radical (unpaired) electrons. The summed E-state index contributed by atoms with van der Waals surface area (Å²) in [6.45, 7) is 4.13. The molecule has 0 bridgehead atoms. The first-order valence-electron chi connectivity index (χ1n) is 5.63. The number of oxazole rings is 1. The molecular formula is C11H18N2O2. The highest BCUT2D eigenvalue weighted by Crippen LogP contribution is 2.19. The van der Waals surface area contributed by atoms with Gasteiger partial charge in [0.2, 0.25) is 5.89 Å². The molecule has 0 saturated heterocycles. The Morgan fingerprint density at radius 3 is 3.20 bits per heavy atom. The summed E-state index contributed by atoms with van der Waals surface area (Å²) in [6.07, 6.45) is 5.35. The van der Waals surface area contributed by atoms with Gasteiger partial charge in [0.1, 0.15) is 12.4 Å². The highest BCUT2D eigenvalue weighted by Gasteiger charge is 2.20. The topological polar surface area (TPSA) is 47.3 Å². The van der Waals surface area contributed by atoms with Crippen LogP contribution in [-0.2, 0) is 17.9 Å². The van der Waals surface area contributed by atoms with E-state index in [2.05, 4.69) is 17.2 Å². The normalized spacial score (nSPS) is 15.8. The van der Waals surface area contributed by atoms with Crippen molar-refractivity contribution in [1.82, 2.24) is 10.3 Å². The Morgan fingerprint density at radius 1 is 1.60 bits per heavy atom. The molecule has 1 aliphatic carbocycles. The minimum absolute atomic E-state index is 0.532. The second-order valence-electron chi connectivity index (χ2n) is 3.93. The lowest BCUT2D eigenvalue weighted by molar-refractivity contribution is 0.106. The van der Waals surface area contributed by atoms with Crippen molar-refractivity contribution in [2.45, 2.75) is 45.4 Å². The molecule has 0 amide bonds. The summed E-state index contributed by atoms with van der Waals surface area (Å²) in [5.74, 6) is 1.58. The van der Waals surface area contributed by atoms with Crippen molar-refractivity contribution in [2.75, 3.05) is 6.61 Å². The van der Waals surface area contributed by atoms with E-state index in [0.29, 0.717) is 12.6 Å². The molecule has 0 aromatic carbocycles. The summed E-state index contributed by atoms with van der Waals surface area (Å²) in [5, 5.41) is 3.36. The molecule has 0 spiro atoms. The van der Waals surface area contributed by atoms with Crippen LogP contribution >= 0.6 is 0 Å². The highest BCUT2D eigenvalue weighted by molar-refractivity contribution is 4.93. The molecule has 4 nitrogen and oxygen atoms in total. The predicted molar refractivity (Wildman–Crippen MR) is 56.3 cm³/mol. The van der Waals surface area contributed by atoms with Gasteiger partial charge in [-0.15, -0.1) is 0 Å². The van der Waals surface area contributed by atoms with Gasteiger partial charge in [0.05, 0.1) is 12.7 Å². The average molecular weight is 210 g/mol. The van der Waals surface area contributed by atoms with Gasteiger partial charge >= 0.3 is 0 Å². The van der Waals surface area contributed by atoms with Crippen LogP contribution in [-0.4, -0.2) is 17.6 Å². The van der Waals surface area contributed by atoms with Gasteiger partial charge < -0.3 is 14.5 Å². The molecule has 4 heteroatoms. The van der Waals surface area contributed by atoms with Crippen molar-refractivity contribution in [3.8, 4) is 0 Å². The molecule has 15 heavy (non-hydrogen) atoms. The number of aromatic nitrogens is 1. The Hall–Kier alpha value is -0.870. The van der Waals surface area contributed by atoms with E-state index in [-0.39, 0.29) is 0 Å². The van der Waals surface area contributed by atoms with Crippen molar-refractivity contribution >= 4 is 0 Å². The molecule has 84 valence electrons. The predicted octanol–water partition coefficient (Wildman–Crippen LogP) is 1.85. The van der Waals surface area contributed by atoms with Crippen LogP contribution in [0.15, 0.2) is 10.6 Å². The molecule has 1 aliphatic rings. The molecular weight excluding hydrogens is 192 g/mol. The lowest BCUT2D eigenvalue weighted by Gasteiger charge is -1.98. The van der Waals surface area contributed by atoms with Crippen LogP contribution in [0.3, 0.4) is 0 Å². The zero-order valence-electron chi connectivity index (χ0n) is 9.16. The van der Waals surface area contributed by atoms with Crippen LogP contribution in [0, 0.1) is 0 Å². The summed E-state index contributed by atoms with van der Waals surface area (Å²) in [7, 11) is 0. The molecule has 1 aromatic heterocycles. The first-order valence-corrected chi connectivity index (χ1v) is 5.63. The van der Waals surface area contributed by atoms with E-state index in [1.807, 2.05) is 0 Å². The van der Waals surface area contributed by atoms with Gasteiger partial charge in [-0.2, -0.15) is 0 Å². The van der Waals surface area contributed by atoms with Gasteiger partial charge in [0, 0.05) is 12.6 Å². The third-order valence-electron chi connectivity index (χ3n) is 2.31. The van der Waals surface area contributed by atoms with Crippen LogP contribution in [0.1, 0.15) is 37.8 Å². The Kier molecular flexibility index (Phi) is 3.75. The molecule has 0 aliphatic heterocycles. The zero-order chi connectivity index (χ0) is 10.5. The van der Waals surface area contributed by atoms with Gasteiger partial charge in [-0.3, -0.25) is 0 Å². The summed E-state index contributed by atoms with van der Waals surface area (Å²) >= 11 is 0. The summed E-state index contributed by atoms with van der Waals surface area (Å²) in [4.78, 5) is 4.19. The van der Waals surface area contributed by atoms with Crippen molar-refractivity contribution in [3.63, 3.8) is 0 Å². The van der Waals surface area contributed by atoms with Crippen LogP contribution in [0.25, 0.3) is 0 Å². The van der Waals surface area contributed by atoms with Crippen LogP contribution in [0.4, 0.5) is 0 Å². The largest absolute Gasteiger partial charge is 0.442 e. The molecule has 2 rings (SSSR count). The minimum Gasteiger partial charge on any atom is -0.442 e. The molecule has 0 unspecified atom stereocenters. The number of nitrogens with zero attached hydrogens (tertiary/aromatic N) is 1. The summed E-state index contributed by atoms with van der Waals surface area (Å²) in [6, 6.07) is 0.691. The smallest absolute Gasteiger partial charge is 0.208 e. The summed E-state index contributed by atoms with van der Waals surface area (Å²) in [5.41, 5.74) is 0. The lowest BCUT2D eigenvalue weighted by Crippen LogP contribution is -2.15.